The lowest BCUT2D eigenvalue weighted by Crippen LogP contribution is -2.25. The molecule has 0 amide bonds. The van der Waals surface area contributed by atoms with Gasteiger partial charge in [0.2, 0.25) is 0 Å². The molecule has 0 aliphatic rings. The minimum absolute atomic E-state index is 0.0914. The fourth-order valence-corrected chi connectivity index (χ4v) is 2.92. The van der Waals surface area contributed by atoms with Crippen LogP contribution >= 0.6 is 0 Å². The van der Waals surface area contributed by atoms with E-state index in [1.165, 1.54) is 28.8 Å². The molecule has 1 atom stereocenters. The second-order valence-electron chi connectivity index (χ2n) is 6.19. The first-order valence-corrected chi connectivity index (χ1v) is 8.07. The fraction of sp³-hybridized carbons (Fsp3) is 0.250. The Hall–Kier alpha value is -2.46. The van der Waals surface area contributed by atoms with E-state index in [4.69, 9.17) is 0 Å². The van der Waals surface area contributed by atoms with Gasteiger partial charge in [0.1, 0.15) is 11.6 Å². The number of imidazole rings is 1. The van der Waals surface area contributed by atoms with Crippen LogP contribution < -0.4 is 5.32 Å². The topological polar surface area (TPSA) is 29.9 Å². The van der Waals surface area contributed by atoms with Gasteiger partial charge < -0.3 is 4.57 Å². The van der Waals surface area contributed by atoms with Crippen molar-refractivity contribution in [2.45, 2.75) is 26.4 Å². The number of halogens is 1. The normalized spacial score (nSPS) is 12.3. The first-order valence-electron chi connectivity index (χ1n) is 8.07. The average Bonchev–Trinajstić information content (AvgIpc) is 2.97. The van der Waals surface area contributed by atoms with Crippen molar-refractivity contribution in [3.05, 3.63) is 88.8 Å². The second-order valence-corrected chi connectivity index (χ2v) is 6.19. The summed E-state index contributed by atoms with van der Waals surface area (Å²) in [7, 11) is 1.97. The zero-order chi connectivity index (χ0) is 17.1. The van der Waals surface area contributed by atoms with E-state index in [0.717, 1.165) is 17.9 Å². The molecule has 0 aliphatic carbocycles. The first kappa shape index (κ1) is 16.4. The van der Waals surface area contributed by atoms with Crippen molar-refractivity contribution in [3.63, 3.8) is 0 Å². The third kappa shape index (κ3) is 3.54. The van der Waals surface area contributed by atoms with Gasteiger partial charge in [-0.2, -0.15) is 0 Å². The van der Waals surface area contributed by atoms with Gasteiger partial charge in [-0.3, -0.25) is 5.32 Å². The molecule has 1 N–H and O–H groups in total. The third-order valence-corrected chi connectivity index (χ3v) is 4.31. The molecule has 0 saturated heterocycles. The highest BCUT2D eigenvalue weighted by Gasteiger charge is 2.18. The Labute approximate surface area is 142 Å². The van der Waals surface area contributed by atoms with Crippen LogP contribution in [0.5, 0.6) is 0 Å². The van der Waals surface area contributed by atoms with Crippen LogP contribution in [0.3, 0.4) is 0 Å². The molecule has 0 unspecified atom stereocenters. The van der Waals surface area contributed by atoms with E-state index in [1.54, 1.807) is 6.20 Å². The molecule has 3 nitrogen and oxygen atoms in total. The van der Waals surface area contributed by atoms with Crippen LogP contribution in [0.15, 0.2) is 54.9 Å². The van der Waals surface area contributed by atoms with Crippen LogP contribution in [0.25, 0.3) is 0 Å². The fourth-order valence-electron chi connectivity index (χ4n) is 2.92. The van der Waals surface area contributed by atoms with Crippen LogP contribution in [-0.4, -0.2) is 9.55 Å². The minimum atomic E-state index is -0.230. The second kappa shape index (κ2) is 6.97. The first-order chi connectivity index (χ1) is 11.5. The Kier molecular flexibility index (Phi) is 4.76. The number of aromatic nitrogens is 2. The van der Waals surface area contributed by atoms with Gasteiger partial charge in [0, 0.05) is 26.0 Å². The summed E-state index contributed by atoms with van der Waals surface area (Å²) in [5, 5.41) is 3.57. The number of nitrogens with zero attached hydrogens (tertiary/aromatic N) is 2. The van der Waals surface area contributed by atoms with E-state index in [-0.39, 0.29) is 11.9 Å². The molecular weight excluding hydrogens is 301 g/mol. The van der Waals surface area contributed by atoms with Gasteiger partial charge in [0.25, 0.3) is 0 Å². The Bertz CT molecular complexity index is 821. The number of hydrogen-bond acceptors (Lipinski definition) is 2. The number of aryl methyl sites for hydroxylation is 3. The standard InChI is InChI=1S/C20H22FN3/c1-14-4-5-17(15(2)12-14)13-23-19(20-22-10-11-24(20)3)16-6-8-18(21)9-7-16/h4-12,19,23H,13H2,1-3H3/t19-/m1/s1. The summed E-state index contributed by atoms with van der Waals surface area (Å²) in [4.78, 5) is 4.47. The smallest absolute Gasteiger partial charge is 0.130 e. The molecule has 0 fully saturated rings. The molecule has 1 heterocycles. The number of nitrogens with one attached hydrogen (secondary N) is 1. The van der Waals surface area contributed by atoms with E-state index in [9.17, 15) is 4.39 Å². The van der Waals surface area contributed by atoms with Crippen molar-refractivity contribution < 1.29 is 4.39 Å². The highest BCUT2D eigenvalue weighted by molar-refractivity contribution is 5.31. The molecule has 3 rings (SSSR count). The predicted octanol–water partition coefficient (Wildman–Crippen LogP) is 4.06. The van der Waals surface area contributed by atoms with Crippen molar-refractivity contribution in [1.82, 2.24) is 14.9 Å². The van der Waals surface area contributed by atoms with E-state index in [2.05, 4.69) is 42.3 Å². The summed E-state index contributed by atoms with van der Waals surface area (Å²) in [5.74, 6) is 0.679. The molecule has 124 valence electrons. The summed E-state index contributed by atoms with van der Waals surface area (Å²) in [6, 6.07) is 13.0. The van der Waals surface area contributed by atoms with Crippen molar-refractivity contribution >= 4 is 0 Å². The quantitative estimate of drug-likeness (QED) is 0.767. The van der Waals surface area contributed by atoms with Crippen LogP contribution in [0, 0.1) is 19.7 Å². The lowest BCUT2D eigenvalue weighted by atomic mass is 10.0. The highest BCUT2D eigenvalue weighted by atomic mass is 19.1. The Balaban J connectivity index is 1.88. The zero-order valence-corrected chi connectivity index (χ0v) is 14.3. The molecule has 4 heteroatoms. The van der Waals surface area contributed by atoms with Crippen LogP contribution in [0.1, 0.15) is 34.1 Å². The molecule has 3 aromatic rings. The monoisotopic (exact) mass is 323 g/mol. The molecule has 24 heavy (non-hydrogen) atoms. The number of benzene rings is 2. The molecule has 0 spiro atoms. The molecule has 1 aromatic heterocycles. The summed E-state index contributed by atoms with van der Waals surface area (Å²) >= 11 is 0. The van der Waals surface area contributed by atoms with Crippen LogP contribution in [0.2, 0.25) is 0 Å². The van der Waals surface area contributed by atoms with Crippen LogP contribution in [-0.2, 0) is 13.6 Å². The average molecular weight is 323 g/mol. The maximum absolute atomic E-state index is 13.3. The predicted molar refractivity (Wildman–Crippen MR) is 94.2 cm³/mol. The van der Waals surface area contributed by atoms with Crippen molar-refractivity contribution in [3.8, 4) is 0 Å². The highest BCUT2D eigenvalue weighted by Crippen LogP contribution is 2.22. The third-order valence-electron chi connectivity index (χ3n) is 4.31. The summed E-state index contributed by atoms with van der Waals surface area (Å²) in [6.07, 6.45) is 3.70. The zero-order valence-electron chi connectivity index (χ0n) is 14.3. The van der Waals surface area contributed by atoms with Gasteiger partial charge >= 0.3 is 0 Å². The SMILES string of the molecule is Cc1ccc(CN[C@H](c2ccc(F)cc2)c2nccn2C)c(C)c1. The number of rotatable bonds is 5. The molecule has 2 aromatic carbocycles. The van der Waals surface area contributed by atoms with Crippen molar-refractivity contribution in [2.24, 2.45) is 7.05 Å². The van der Waals surface area contributed by atoms with Crippen LogP contribution in [0.4, 0.5) is 4.39 Å². The van der Waals surface area contributed by atoms with Gasteiger partial charge in [-0.1, -0.05) is 35.9 Å². The Morgan fingerprint density at radius 2 is 1.88 bits per heavy atom. The Morgan fingerprint density at radius 1 is 1.12 bits per heavy atom. The van der Waals surface area contributed by atoms with Gasteiger partial charge in [0.05, 0.1) is 6.04 Å². The lowest BCUT2D eigenvalue weighted by molar-refractivity contribution is 0.554. The Morgan fingerprint density at radius 3 is 2.50 bits per heavy atom. The number of hydrogen-bond donors (Lipinski definition) is 1. The van der Waals surface area contributed by atoms with E-state index in [1.807, 2.05) is 29.9 Å². The van der Waals surface area contributed by atoms with E-state index < -0.39 is 0 Å². The molecular formula is C20H22FN3. The van der Waals surface area contributed by atoms with Gasteiger partial charge in [0.15, 0.2) is 0 Å². The minimum Gasteiger partial charge on any atom is -0.336 e. The summed E-state index contributed by atoms with van der Waals surface area (Å²) in [5.41, 5.74) is 4.77. The largest absolute Gasteiger partial charge is 0.336 e. The summed E-state index contributed by atoms with van der Waals surface area (Å²) in [6.45, 7) is 4.94. The maximum atomic E-state index is 13.3. The lowest BCUT2D eigenvalue weighted by Gasteiger charge is -2.20. The molecule has 0 saturated carbocycles. The van der Waals surface area contributed by atoms with Gasteiger partial charge in [-0.25, -0.2) is 9.37 Å². The molecule has 0 aliphatic heterocycles. The maximum Gasteiger partial charge on any atom is 0.130 e. The summed E-state index contributed by atoms with van der Waals surface area (Å²) < 4.78 is 15.3. The van der Waals surface area contributed by atoms with Crippen molar-refractivity contribution in [1.29, 1.82) is 0 Å². The molecule has 0 radical (unpaired) electrons. The van der Waals surface area contributed by atoms with E-state index in [0.29, 0.717) is 0 Å². The van der Waals surface area contributed by atoms with Crippen molar-refractivity contribution in [2.75, 3.05) is 0 Å². The van der Waals surface area contributed by atoms with E-state index >= 15 is 0 Å². The van der Waals surface area contributed by atoms with Gasteiger partial charge in [-0.15, -0.1) is 0 Å². The van der Waals surface area contributed by atoms with Gasteiger partial charge in [-0.05, 0) is 42.7 Å². The molecule has 0 bridgehead atoms.